The van der Waals surface area contributed by atoms with Gasteiger partial charge in [-0.05, 0) is 5.92 Å². The molecule has 110 valence electrons. The highest BCUT2D eigenvalue weighted by atomic mass is 32.1. The second-order valence-electron chi connectivity index (χ2n) is 5.01. The van der Waals surface area contributed by atoms with E-state index in [0.717, 1.165) is 16.6 Å². The fourth-order valence-electron chi connectivity index (χ4n) is 1.68. The zero-order chi connectivity index (χ0) is 14.4. The number of hydrogen-bond acceptors (Lipinski definition) is 6. The predicted molar refractivity (Wildman–Crippen MR) is 80.3 cm³/mol. The number of anilines is 1. The first-order chi connectivity index (χ1) is 8.99. The summed E-state index contributed by atoms with van der Waals surface area (Å²) in [6.45, 7) is 5.83. The van der Waals surface area contributed by atoms with E-state index in [1.807, 2.05) is 19.0 Å². The lowest BCUT2D eigenvalue weighted by Crippen LogP contribution is -2.37. The van der Waals surface area contributed by atoms with Crippen molar-refractivity contribution < 1.29 is 9.47 Å². The average molecular weight is 287 g/mol. The Morgan fingerprint density at radius 3 is 2.47 bits per heavy atom. The van der Waals surface area contributed by atoms with E-state index >= 15 is 0 Å². The molecule has 0 spiro atoms. The first kappa shape index (κ1) is 16.2. The van der Waals surface area contributed by atoms with Gasteiger partial charge in [0.1, 0.15) is 0 Å². The molecule has 0 fully saturated rings. The summed E-state index contributed by atoms with van der Waals surface area (Å²) in [4.78, 5) is 7.56. The van der Waals surface area contributed by atoms with E-state index in [1.54, 1.807) is 25.6 Å². The van der Waals surface area contributed by atoms with Crippen LogP contribution in [0.25, 0.3) is 0 Å². The zero-order valence-corrected chi connectivity index (χ0v) is 13.5. The van der Waals surface area contributed by atoms with Gasteiger partial charge in [0.15, 0.2) is 5.13 Å². The second kappa shape index (κ2) is 7.67. The molecule has 1 rings (SSSR count). The summed E-state index contributed by atoms with van der Waals surface area (Å²) in [5.41, 5.74) is 0. The molecule has 1 unspecified atom stereocenters. The molecule has 1 atom stereocenters. The smallest absolute Gasteiger partial charge is 0.230 e. The van der Waals surface area contributed by atoms with E-state index < -0.39 is 0 Å². The summed E-state index contributed by atoms with van der Waals surface area (Å²) < 4.78 is 10.6. The Balaban J connectivity index is 2.70. The Hall–Kier alpha value is -0.850. The largest absolute Gasteiger partial charge is 0.480 e. The topological polar surface area (TPSA) is 46.6 Å². The van der Waals surface area contributed by atoms with E-state index in [1.165, 1.54) is 0 Å². The number of nitrogens with zero attached hydrogens (tertiary/aromatic N) is 2. The van der Waals surface area contributed by atoms with Gasteiger partial charge in [-0.3, -0.25) is 0 Å². The van der Waals surface area contributed by atoms with Crippen molar-refractivity contribution in [3.8, 4) is 5.88 Å². The van der Waals surface area contributed by atoms with Gasteiger partial charge in [-0.1, -0.05) is 25.2 Å². The molecule has 0 radical (unpaired) electrons. The monoisotopic (exact) mass is 287 g/mol. The third-order valence-electron chi connectivity index (χ3n) is 2.90. The summed E-state index contributed by atoms with van der Waals surface area (Å²) in [5.74, 6) is 1.23. The van der Waals surface area contributed by atoms with Crippen molar-refractivity contribution in [1.29, 1.82) is 0 Å². The fraction of sp³-hybridized carbons (Fsp3) is 0.769. The number of ether oxygens (including phenoxy) is 2. The fourth-order valence-corrected chi connectivity index (χ4v) is 2.58. The molecule has 0 aliphatic heterocycles. The third-order valence-corrected chi connectivity index (χ3v) is 4.11. The van der Waals surface area contributed by atoms with Gasteiger partial charge in [-0.25, -0.2) is 0 Å². The number of aromatic nitrogens is 1. The molecule has 0 bridgehead atoms. The third kappa shape index (κ3) is 4.63. The lowest BCUT2D eigenvalue weighted by Gasteiger charge is -2.21. The van der Waals surface area contributed by atoms with Gasteiger partial charge in [-0.2, -0.15) is 4.98 Å². The Morgan fingerprint density at radius 1 is 1.32 bits per heavy atom. The first-order valence-corrected chi connectivity index (χ1v) is 7.24. The zero-order valence-electron chi connectivity index (χ0n) is 12.7. The van der Waals surface area contributed by atoms with Gasteiger partial charge in [0.25, 0.3) is 0 Å². The molecule has 0 saturated heterocycles. The summed E-state index contributed by atoms with van der Waals surface area (Å²) in [7, 11) is 7.36. The summed E-state index contributed by atoms with van der Waals surface area (Å²) in [6, 6.07) is 0.333. The molecule has 1 aromatic heterocycles. The molecule has 1 aromatic rings. The summed E-state index contributed by atoms with van der Waals surface area (Å²) in [6.07, 6.45) is 0. The number of hydrogen-bond donors (Lipinski definition) is 1. The van der Waals surface area contributed by atoms with Gasteiger partial charge in [0.05, 0.1) is 18.6 Å². The standard InChI is InChI=1S/C13H25N3O2S/c1-9(2)10(8-17-5)14-7-11-12(18-6)15-13(19-11)16(3)4/h9-10,14H,7-8H2,1-6H3. The van der Waals surface area contributed by atoms with Crippen molar-refractivity contribution in [2.24, 2.45) is 5.92 Å². The number of methoxy groups -OCH3 is 2. The molecule has 0 amide bonds. The van der Waals surface area contributed by atoms with E-state index in [0.29, 0.717) is 24.4 Å². The SMILES string of the molecule is COCC(NCc1sc(N(C)C)nc1OC)C(C)C. The van der Waals surface area contributed by atoms with Crippen LogP contribution < -0.4 is 15.0 Å². The van der Waals surface area contributed by atoms with Crippen molar-refractivity contribution in [2.75, 3.05) is 39.8 Å². The number of thiazole rings is 1. The molecule has 19 heavy (non-hydrogen) atoms. The Morgan fingerprint density at radius 2 is 2.00 bits per heavy atom. The second-order valence-corrected chi connectivity index (χ2v) is 6.07. The molecule has 6 heteroatoms. The van der Waals surface area contributed by atoms with Crippen molar-refractivity contribution in [3.05, 3.63) is 4.88 Å². The molecular formula is C13H25N3O2S. The van der Waals surface area contributed by atoms with E-state index in [4.69, 9.17) is 9.47 Å². The minimum absolute atomic E-state index is 0.333. The number of rotatable bonds is 8. The van der Waals surface area contributed by atoms with Crippen LogP contribution in [-0.4, -0.2) is 45.9 Å². The molecule has 0 aliphatic rings. The van der Waals surface area contributed by atoms with Crippen molar-refractivity contribution in [3.63, 3.8) is 0 Å². The molecule has 0 saturated carbocycles. The minimum Gasteiger partial charge on any atom is -0.480 e. The molecule has 1 N–H and O–H groups in total. The van der Waals surface area contributed by atoms with E-state index in [2.05, 4.69) is 24.1 Å². The maximum atomic E-state index is 5.33. The maximum absolute atomic E-state index is 5.33. The highest BCUT2D eigenvalue weighted by Gasteiger charge is 2.17. The van der Waals surface area contributed by atoms with Crippen LogP contribution in [0.5, 0.6) is 5.88 Å². The van der Waals surface area contributed by atoms with Crippen molar-refractivity contribution in [1.82, 2.24) is 10.3 Å². The predicted octanol–water partition coefficient (Wildman–Crippen LogP) is 1.98. The van der Waals surface area contributed by atoms with Crippen LogP contribution in [0.15, 0.2) is 0 Å². The lowest BCUT2D eigenvalue weighted by molar-refractivity contribution is 0.146. The van der Waals surface area contributed by atoms with Crippen LogP contribution in [0.1, 0.15) is 18.7 Å². The molecule has 0 aromatic carbocycles. The van der Waals surface area contributed by atoms with Gasteiger partial charge in [0, 0.05) is 33.8 Å². The summed E-state index contributed by atoms with van der Waals surface area (Å²) in [5, 5.41) is 4.47. The van der Waals surface area contributed by atoms with Gasteiger partial charge in [0.2, 0.25) is 5.88 Å². The Kier molecular flexibility index (Phi) is 6.54. The van der Waals surface area contributed by atoms with Crippen LogP contribution in [-0.2, 0) is 11.3 Å². The highest BCUT2D eigenvalue weighted by Crippen LogP contribution is 2.30. The minimum atomic E-state index is 0.333. The van der Waals surface area contributed by atoms with Crippen LogP contribution in [0, 0.1) is 5.92 Å². The normalized spacial score (nSPS) is 12.8. The Bertz CT molecular complexity index is 380. The molecular weight excluding hydrogens is 262 g/mol. The molecule has 5 nitrogen and oxygen atoms in total. The lowest BCUT2D eigenvalue weighted by atomic mass is 10.1. The van der Waals surface area contributed by atoms with Crippen molar-refractivity contribution in [2.45, 2.75) is 26.4 Å². The van der Waals surface area contributed by atoms with Crippen LogP contribution in [0.3, 0.4) is 0 Å². The maximum Gasteiger partial charge on any atom is 0.230 e. The van der Waals surface area contributed by atoms with Gasteiger partial charge < -0.3 is 19.7 Å². The van der Waals surface area contributed by atoms with Gasteiger partial charge >= 0.3 is 0 Å². The Labute approximate surface area is 119 Å². The molecule has 0 aliphatic carbocycles. The van der Waals surface area contributed by atoms with Crippen LogP contribution >= 0.6 is 11.3 Å². The van der Waals surface area contributed by atoms with Crippen LogP contribution in [0.4, 0.5) is 5.13 Å². The van der Waals surface area contributed by atoms with E-state index in [9.17, 15) is 0 Å². The average Bonchev–Trinajstić information content (AvgIpc) is 2.77. The summed E-state index contributed by atoms with van der Waals surface area (Å²) >= 11 is 1.65. The quantitative estimate of drug-likeness (QED) is 0.792. The highest BCUT2D eigenvalue weighted by molar-refractivity contribution is 7.15. The van der Waals surface area contributed by atoms with Crippen LogP contribution in [0.2, 0.25) is 0 Å². The van der Waals surface area contributed by atoms with Gasteiger partial charge in [-0.15, -0.1) is 0 Å². The molecule has 1 heterocycles. The van der Waals surface area contributed by atoms with E-state index in [-0.39, 0.29) is 0 Å². The first-order valence-electron chi connectivity index (χ1n) is 6.42. The van der Waals surface area contributed by atoms with Crippen molar-refractivity contribution >= 4 is 16.5 Å². The number of nitrogens with one attached hydrogen (secondary N) is 1.